The van der Waals surface area contributed by atoms with E-state index in [2.05, 4.69) is 6.92 Å². The average molecular weight is 342 g/mol. The molecule has 0 radical (unpaired) electrons. The Bertz CT molecular complexity index is 903. The Labute approximate surface area is 141 Å². The summed E-state index contributed by atoms with van der Waals surface area (Å²) in [6.07, 6.45) is 0.865. The van der Waals surface area contributed by atoms with Crippen molar-refractivity contribution in [3.05, 3.63) is 57.3 Å². The van der Waals surface area contributed by atoms with Crippen molar-refractivity contribution in [3.63, 3.8) is 0 Å². The van der Waals surface area contributed by atoms with E-state index in [4.69, 9.17) is 5.11 Å². The van der Waals surface area contributed by atoms with E-state index in [1.165, 1.54) is 22.7 Å². The van der Waals surface area contributed by atoms with Gasteiger partial charge in [0.05, 0.1) is 4.88 Å². The Balaban J connectivity index is 2.06. The van der Waals surface area contributed by atoms with Crippen LogP contribution in [-0.4, -0.2) is 17.4 Å². The van der Waals surface area contributed by atoms with Gasteiger partial charge in [0.2, 0.25) is 0 Å². The van der Waals surface area contributed by atoms with Gasteiger partial charge in [0.15, 0.2) is 6.29 Å². The Hall–Kier alpha value is -2.24. The Kier molecular flexibility index (Phi) is 4.15. The summed E-state index contributed by atoms with van der Waals surface area (Å²) in [5.41, 5.74) is 4.43. The van der Waals surface area contributed by atoms with Crippen LogP contribution in [0.2, 0.25) is 0 Å². The monoisotopic (exact) mass is 342 g/mol. The lowest BCUT2D eigenvalue weighted by Gasteiger charge is -2.11. The molecule has 1 N–H and O–H groups in total. The molecule has 0 spiro atoms. The van der Waals surface area contributed by atoms with Gasteiger partial charge in [-0.2, -0.15) is 0 Å². The van der Waals surface area contributed by atoms with Crippen LogP contribution in [0.3, 0.4) is 0 Å². The van der Waals surface area contributed by atoms with E-state index in [1.807, 2.05) is 37.3 Å². The van der Waals surface area contributed by atoms with Crippen LogP contribution in [0.1, 0.15) is 30.5 Å². The highest BCUT2D eigenvalue weighted by molar-refractivity contribution is 7.17. The number of aromatic carboxylic acids is 1. The van der Waals surface area contributed by atoms with Crippen LogP contribution in [0.4, 0.5) is 0 Å². The number of rotatable bonds is 4. The molecule has 23 heavy (non-hydrogen) atoms. The summed E-state index contributed by atoms with van der Waals surface area (Å²) >= 11 is 2.76. The molecule has 2 aromatic heterocycles. The molecule has 0 bridgehead atoms. The predicted octanol–water partition coefficient (Wildman–Crippen LogP) is 5.27. The molecule has 3 nitrogen and oxygen atoms in total. The molecular weight excluding hydrogens is 328 g/mol. The molecule has 0 saturated carbocycles. The normalized spacial score (nSPS) is 10.7. The van der Waals surface area contributed by atoms with Gasteiger partial charge in [-0.25, -0.2) is 4.79 Å². The topological polar surface area (TPSA) is 54.4 Å². The number of carbonyl (C=O) groups is 2. The predicted molar refractivity (Wildman–Crippen MR) is 94.9 cm³/mol. The van der Waals surface area contributed by atoms with Gasteiger partial charge in [-0.05, 0) is 60.4 Å². The first kappa shape index (κ1) is 15.6. The van der Waals surface area contributed by atoms with Gasteiger partial charge in [0.25, 0.3) is 0 Å². The van der Waals surface area contributed by atoms with Gasteiger partial charge in [-0.1, -0.05) is 12.1 Å². The van der Waals surface area contributed by atoms with Gasteiger partial charge < -0.3 is 5.11 Å². The smallest absolute Gasteiger partial charge is 0.345 e. The van der Waals surface area contributed by atoms with Crippen molar-refractivity contribution in [3.8, 4) is 20.9 Å². The SMILES string of the molecule is Cc1c(-c2ccc(C=O)s2)ccc(-c2ccc(C(=O)O)s2)c1C. The number of benzene rings is 1. The summed E-state index contributed by atoms with van der Waals surface area (Å²) in [5.74, 6) is -0.896. The minimum atomic E-state index is -0.896. The number of hydrogen-bond donors (Lipinski definition) is 1. The van der Waals surface area contributed by atoms with Crippen molar-refractivity contribution in [2.75, 3.05) is 0 Å². The maximum absolute atomic E-state index is 11.1. The van der Waals surface area contributed by atoms with Gasteiger partial charge in [0.1, 0.15) is 4.88 Å². The molecule has 1 aromatic carbocycles. The summed E-state index contributed by atoms with van der Waals surface area (Å²) in [7, 11) is 0. The largest absolute Gasteiger partial charge is 0.477 e. The molecule has 0 aliphatic heterocycles. The number of carbonyl (C=O) groups excluding carboxylic acids is 1. The van der Waals surface area contributed by atoms with Gasteiger partial charge >= 0.3 is 5.97 Å². The molecule has 0 aliphatic carbocycles. The lowest BCUT2D eigenvalue weighted by Crippen LogP contribution is -1.90. The summed E-state index contributed by atoms with van der Waals surface area (Å²) in [4.78, 5) is 25.0. The van der Waals surface area contributed by atoms with E-state index < -0.39 is 5.97 Å². The molecule has 3 rings (SSSR count). The zero-order valence-electron chi connectivity index (χ0n) is 12.6. The van der Waals surface area contributed by atoms with Crippen molar-refractivity contribution >= 4 is 34.9 Å². The third-order valence-electron chi connectivity index (χ3n) is 3.88. The van der Waals surface area contributed by atoms with Crippen LogP contribution >= 0.6 is 22.7 Å². The second-order valence-electron chi connectivity index (χ2n) is 5.20. The molecule has 5 heteroatoms. The zero-order valence-corrected chi connectivity index (χ0v) is 14.3. The van der Waals surface area contributed by atoms with Gasteiger partial charge in [0, 0.05) is 9.75 Å². The van der Waals surface area contributed by atoms with E-state index in [-0.39, 0.29) is 0 Å². The van der Waals surface area contributed by atoms with Crippen LogP contribution in [0.5, 0.6) is 0 Å². The first-order valence-corrected chi connectivity index (χ1v) is 8.63. The first-order valence-electron chi connectivity index (χ1n) is 7.00. The van der Waals surface area contributed by atoms with Crippen LogP contribution < -0.4 is 0 Å². The summed E-state index contributed by atoms with van der Waals surface area (Å²) in [5, 5.41) is 9.07. The third kappa shape index (κ3) is 2.85. The van der Waals surface area contributed by atoms with Crippen LogP contribution in [0, 0.1) is 13.8 Å². The number of carboxylic acid groups (broad SMARTS) is 1. The number of hydrogen-bond acceptors (Lipinski definition) is 4. The molecule has 0 saturated heterocycles. The number of carboxylic acids is 1. The van der Waals surface area contributed by atoms with E-state index in [0.29, 0.717) is 9.75 Å². The fourth-order valence-electron chi connectivity index (χ4n) is 2.51. The molecule has 3 aromatic rings. The lowest BCUT2D eigenvalue weighted by atomic mass is 9.96. The zero-order chi connectivity index (χ0) is 16.6. The molecule has 2 heterocycles. The van der Waals surface area contributed by atoms with Crippen molar-refractivity contribution in [1.82, 2.24) is 0 Å². The average Bonchev–Trinajstić information content (AvgIpc) is 3.18. The minimum absolute atomic E-state index is 0.343. The molecular formula is C18H14O3S2. The molecule has 0 fully saturated rings. The highest BCUT2D eigenvalue weighted by Crippen LogP contribution is 2.37. The minimum Gasteiger partial charge on any atom is -0.477 e. The summed E-state index contributed by atoms with van der Waals surface area (Å²) in [6, 6.07) is 11.3. The van der Waals surface area contributed by atoms with Crippen LogP contribution in [0.15, 0.2) is 36.4 Å². The first-order chi connectivity index (χ1) is 11.0. The fourth-order valence-corrected chi connectivity index (χ4v) is 4.35. The Morgan fingerprint density at radius 3 is 1.96 bits per heavy atom. The second kappa shape index (κ2) is 6.10. The van der Waals surface area contributed by atoms with Crippen molar-refractivity contribution in [2.24, 2.45) is 0 Å². The van der Waals surface area contributed by atoms with Crippen LogP contribution in [0.25, 0.3) is 20.9 Å². The van der Waals surface area contributed by atoms with Crippen molar-refractivity contribution in [2.45, 2.75) is 13.8 Å². The molecule has 0 atom stereocenters. The lowest BCUT2D eigenvalue weighted by molar-refractivity contribution is 0.0702. The highest BCUT2D eigenvalue weighted by Gasteiger charge is 2.14. The summed E-state index contributed by atoms with van der Waals surface area (Å²) < 4.78 is 0. The molecule has 116 valence electrons. The van der Waals surface area contributed by atoms with E-state index in [1.54, 1.807) is 6.07 Å². The quantitative estimate of drug-likeness (QED) is 0.657. The maximum Gasteiger partial charge on any atom is 0.345 e. The second-order valence-corrected chi connectivity index (χ2v) is 7.40. The Morgan fingerprint density at radius 2 is 1.48 bits per heavy atom. The highest BCUT2D eigenvalue weighted by atomic mass is 32.1. The van der Waals surface area contributed by atoms with Gasteiger partial charge in [-0.15, -0.1) is 22.7 Å². The maximum atomic E-state index is 11.1. The van der Waals surface area contributed by atoms with Crippen molar-refractivity contribution in [1.29, 1.82) is 0 Å². The molecule has 0 aliphatic rings. The van der Waals surface area contributed by atoms with Crippen molar-refractivity contribution < 1.29 is 14.7 Å². The van der Waals surface area contributed by atoms with E-state index >= 15 is 0 Å². The Morgan fingerprint density at radius 1 is 0.913 bits per heavy atom. The third-order valence-corrected chi connectivity index (χ3v) is 6.03. The standard InChI is InChI=1S/C18H14O3S2/c1-10-11(2)14(16-7-8-17(23-16)18(20)21)5-4-13(10)15-6-3-12(9-19)22-15/h3-9H,1-2H3,(H,20,21). The van der Waals surface area contributed by atoms with Gasteiger partial charge in [-0.3, -0.25) is 4.79 Å². The molecule has 0 amide bonds. The number of aldehydes is 1. The van der Waals surface area contributed by atoms with Crippen LogP contribution in [-0.2, 0) is 0 Å². The number of thiophene rings is 2. The molecule has 0 unspecified atom stereocenters. The fraction of sp³-hybridized carbons (Fsp3) is 0.111. The summed E-state index contributed by atoms with van der Waals surface area (Å²) in [6.45, 7) is 4.10. The van der Waals surface area contributed by atoms with E-state index in [9.17, 15) is 9.59 Å². The van der Waals surface area contributed by atoms with E-state index in [0.717, 1.165) is 38.3 Å².